The van der Waals surface area contributed by atoms with Crippen LogP contribution in [0.5, 0.6) is 0 Å². The summed E-state index contributed by atoms with van der Waals surface area (Å²) in [6, 6.07) is 7.83. The first-order valence-corrected chi connectivity index (χ1v) is 7.62. The van der Waals surface area contributed by atoms with Gasteiger partial charge in [-0.15, -0.1) is 12.4 Å². The summed E-state index contributed by atoms with van der Waals surface area (Å²) in [5.74, 6) is 0.471. The van der Waals surface area contributed by atoms with Crippen molar-refractivity contribution in [2.24, 2.45) is 5.92 Å². The Balaban J connectivity index is 0.00000161. The Morgan fingerprint density at radius 2 is 2.24 bits per heavy atom. The Hall–Kier alpha value is -0.680. The van der Waals surface area contributed by atoms with Crippen LogP contribution in [0.1, 0.15) is 24.8 Å². The third kappa shape index (κ3) is 4.39. The van der Waals surface area contributed by atoms with Gasteiger partial charge in [0.2, 0.25) is 0 Å². The first-order chi connectivity index (χ1) is 9.83. The smallest absolute Gasteiger partial charge is 0.123 e. The van der Waals surface area contributed by atoms with E-state index in [1.807, 2.05) is 6.07 Å². The molecule has 1 heterocycles. The maximum Gasteiger partial charge on any atom is 0.123 e. The minimum Gasteiger partial charge on any atom is -0.379 e. The van der Waals surface area contributed by atoms with E-state index < -0.39 is 0 Å². The molecular weight excluding hydrogens is 291 g/mol. The predicted molar refractivity (Wildman–Crippen MR) is 84.2 cm³/mol. The zero-order chi connectivity index (χ0) is 13.8. The second-order valence-electron chi connectivity index (χ2n) is 5.85. The summed E-state index contributed by atoms with van der Waals surface area (Å²) in [6.07, 6.45) is 3.73. The summed E-state index contributed by atoms with van der Waals surface area (Å²) >= 11 is 0. The van der Waals surface area contributed by atoms with E-state index in [-0.39, 0.29) is 18.2 Å². The lowest BCUT2D eigenvalue weighted by Crippen LogP contribution is -2.50. The van der Waals surface area contributed by atoms with Gasteiger partial charge in [0.05, 0.1) is 13.2 Å². The Labute approximate surface area is 132 Å². The molecule has 2 fully saturated rings. The maximum atomic E-state index is 13.2. The van der Waals surface area contributed by atoms with Crippen molar-refractivity contribution in [3.63, 3.8) is 0 Å². The van der Waals surface area contributed by atoms with Gasteiger partial charge in [0.15, 0.2) is 0 Å². The van der Waals surface area contributed by atoms with Crippen LogP contribution in [0, 0.1) is 11.7 Å². The normalized spacial score (nSPS) is 29.1. The fourth-order valence-electron chi connectivity index (χ4n) is 3.48. The Kier molecular flexibility index (Phi) is 6.42. The van der Waals surface area contributed by atoms with E-state index in [2.05, 4.69) is 10.6 Å². The van der Waals surface area contributed by atoms with Crippen LogP contribution in [0.25, 0.3) is 0 Å². The van der Waals surface area contributed by atoms with Gasteiger partial charge in [0.1, 0.15) is 5.82 Å². The van der Waals surface area contributed by atoms with Crippen molar-refractivity contribution in [1.82, 2.24) is 10.6 Å². The van der Waals surface area contributed by atoms with Crippen LogP contribution in [0.4, 0.5) is 4.39 Å². The topological polar surface area (TPSA) is 33.3 Å². The highest BCUT2D eigenvalue weighted by molar-refractivity contribution is 5.85. The maximum absolute atomic E-state index is 13.2. The van der Waals surface area contributed by atoms with Crippen LogP contribution >= 0.6 is 12.4 Å². The second kappa shape index (κ2) is 8.08. The van der Waals surface area contributed by atoms with E-state index in [0.717, 1.165) is 31.9 Å². The number of hydrogen-bond donors (Lipinski definition) is 2. The molecule has 2 N–H and O–H groups in total. The SMILES string of the molecule is Cl.Fc1cccc(CNC2CCCC2C2COCCN2)c1. The molecule has 3 nitrogen and oxygen atoms in total. The third-order valence-corrected chi connectivity index (χ3v) is 4.49. The molecule has 0 amide bonds. The number of benzene rings is 1. The molecule has 1 aromatic carbocycles. The summed E-state index contributed by atoms with van der Waals surface area (Å²) in [7, 11) is 0. The van der Waals surface area contributed by atoms with Crippen molar-refractivity contribution in [3.05, 3.63) is 35.6 Å². The summed E-state index contributed by atoms with van der Waals surface area (Å²) in [5, 5.41) is 7.18. The highest BCUT2D eigenvalue weighted by Crippen LogP contribution is 2.29. The number of nitrogens with one attached hydrogen (secondary N) is 2. The Bertz CT molecular complexity index is 440. The van der Waals surface area contributed by atoms with Gasteiger partial charge in [0.25, 0.3) is 0 Å². The predicted octanol–water partition coefficient (Wildman–Crippen LogP) is 2.49. The van der Waals surface area contributed by atoms with Crippen molar-refractivity contribution in [2.45, 2.75) is 37.9 Å². The zero-order valence-corrected chi connectivity index (χ0v) is 13.0. The van der Waals surface area contributed by atoms with Crippen LogP contribution in [-0.4, -0.2) is 31.8 Å². The first-order valence-electron chi connectivity index (χ1n) is 7.62. The lowest BCUT2D eigenvalue weighted by atomic mass is 9.94. The van der Waals surface area contributed by atoms with Crippen molar-refractivity contribution >= 4 is 12.4 Å². The standard InChI is InChI=1S/C16H23FN2O.ClH/c17-13-4-1-3-12(9-13)10-19-15-6-2-5-14(15)16-11-20-8-7-18-16;/h1,3-4,9,14-16,18-19H,2,5-8,10-11H2;1H. The van der Waals surface area contributed by atoms with Crippen molar-refractivity contribution in [1.29, 1.82) is 0 Å². The molecule has 1 aromatic rings. The summed E-state index contributed by atoms with van der Waals surface area (Å²) < 4.78 is 18.8. The van der Waals surface area contributed by atoms with E-state index in [9.17, 15) is 4.39 Å². The molecule has 0 spiro atoms. The van der Waals surface area contributed by atoms with Gasteiger partial charge in [0, 0.05) is 25.2 Å². The third-order valence-electron chi connectivity index (χ3n) is 4.49. The summed E-state index contributed by atoms with van der Waals surface area (Å²) in [4.78, 5) is 0. The van der Waals surface area contributed by atoms with Crippen LogP contribution in [0.3, 0.4) is 0 Å². The molecule has 1 aliphatic carbocycles. The van der Waals surface area contributed by atoms with Crippen molar-refractivity contribution in [2.75, 3.05) is 19.8 Å². The molecule has 5 heteroatoms. The largest absolute Gasteiger partial charge is 0.379 e. The lowest BCUT2D eigenvalue weighted by Gasteiger charge is -2.33. The molecule has 21 heavy (non-hydrogen) atoms. The molecule has 0 aromatic heterocycles. The van der Waals surface area contributed by atoms with Crippen LogP contribution in [0.15, 0.2) is 24.3 Å². The number of rotatable bonds is 4. The molecular formula is C16H24ClFN2O. The highest BCUT2D eigenvalue weighted by Gasteiger charge is 2.34. The lowest BCUT2D eigenvalue weighted by molar-refractivity contribution is 0.0524. The van der Waals surface area contributed by atoms with E-state index in [1.165, 1.54) is 25.3 Å². The fraction of sp³-hybridized carbons (Fsp3) is 0.625. The van der Waals surface area contributed by atoms with Crippen LogP contribution < -0.4 is 10.6 Å². The van der Waals surface area contributed by atoms with Gasteiger partial charge in [-0.05, 0) is 36.5 Å². The minimum absolute atomic E-state index is 0. The molecule has 1 saturated carbocycles. The highest BCUT2D eigenvalue weighted by atomic mass is 35.5. The average molecular weight is 315 g/mol. The van der Waals surface area contributed by atoms with Gasteiger partial charge in [-0.25, -0.2) is 4.39 Å². The molecule has 3 rings (SSSR count). The second-order valence-corrected chi connectivity index (χ2v) is 5.85. The minimum atomic E-state index is -0.158. The molecule has 0 bridgehead atoms. The molecule has 0 radical (unpaired) electrons. The molecule has 118 valence electrons. The zero-order valence-electron chi connectivity index (χ0n) is 12.2. The van der Waals surface area contributed by atoms with Gasteiger partial charge in [-0.1, -0.05) is 18.6 Å². The van der Waals surface area contributed by atoms with Crippen molar-refractivity contribution in [3.8, 4) is 0 Å². The Morgan fingerprint density at radius 1 is 1.33 bits per heavy atom. The van der Waals surface area contributed by atoms with E-state index in [4.69, 9.17) is 4.74 Å². The number of hydrogen-bond acceptors (Lipinski definition) is 3. The molecule has 1 aliphatic heterocycles. The van der Waals surface area contributed by atoms with E-state index >= 15 is 0 Å². The van der Waals surface area contributed by atoms with E-state index in [0.29, 0.717) is 18.0 Å². The molecule has 3 unspecified atom stereocenters. The molecule has 2 aliphatic rings. The molecule has 1 saturated heterocycles. The number of morpholine rings is 1. The van der Waals surface area contributed by atoms with Crippen molar-refractivity contribution < 1.29 is 9.13 Å². The number of halogens is 2. The van der Waals surface area contributed by atoms with Crippen LogP contribution in [0.2, 0.25) is 0 Å². The van der Waals surface area contributed by atoms with Gasteiger partial charge >= 0.3 is 0 Å². The van der Waals surface area contributed by atoms with Gasteiger partial charge < -0.3 is 15.4 Å². The monoisotopic (exact) mass is 314 g/mol. The summed E-state index contributed by atoms with van der Waals surface area (Å²) in [6.45, 7) is 3.34. The van der Waals surface area contributed by atoms with Gasteiger partial charge in [-0.3, -0.25) is 0 Å². The number of ether oxygens (including phenoxy) is 1. The van der Waals surface area contributed by atoms with E-state index in [1.54, 1.807) is 12.1 Å². The quantitative estimate of drug-likeness (QED) is 0.896. The van der Waals surface area contributed by atoms with Gasteiger partial charge in [-0.2, -0.15) is 0 Å². The fourth-order valence-corrected chi connectivity index (χ4v) is 3.48. The average Bonchev–Trinajstić information content (AvgIpc) is 2.95. The molecule has 3 atom stereocenters. The summed E-state index contributed by atoms with van der Waals surface area (Å²) in [5.41, 5.74) is 1.02. The van der Waals surface area contributed by atoms with Crippen LogP contribution in [-0.2, 0) is 11.3 Å². The first kappa shape index (κ1) is 16.7. The Morgan fingerprint density at radius 3 is 3.00 bits per heavy atom.